The Balaban J connectivity index is 2.37. The molecule has 0 spiro atoms. The van der Waals surface area contributed by atoms with Crippen LogP contribution in [0.2, 0.25) is 5.02 Å². The van der Waals surface area contributed by atoms with Gasteiger partial charge < -0.3 is 14.2 Å². The predicted octanol–water partition coefficient (Wildman–Crippen LogP) is 3.35. The number of ether oxygens (including phenoxy) is 3. The van der Waals surface area contributed by atoms with E-state index in [-0.39, 0.29) is 16.5 Å². The van der Waals surface area contributed by atoms with Gasteiger partial charge >= 0.3 is 5.97 Å². The molecule has 0 radical (unpaired) electrons. The van der Waals surface area contributed by atoms with Crippen molar-refractivity contribution in [3.63, 3.8) is 0 Å². The largest absolute Gasteiger partial charge is 0.490 e. The number of terminal acetylenes is 1. The minimum Gasteiger partial charge on any atom is -0.490 e. The summed E-state index contributed by atoms with van der Waals surface area (Å²) >= 11 is 6.99. The van der Waals surface area contributed by atoms with Crippen LogP contribution in [0.15, 0.2) is 17.0 Å². The Hall–Kier alpha value is -2.63. The van der Waals surface area contributed by atoms with Crippen LogP contribution >= 0.6 is 23.4 Å². The summed E-state index contributed by atoms with van der Waals surface area (Å²) in [5, 5.41) is -0.311. The first-order chi connectivity index (χ1) is 13.3. The highest BCUT2D eigenvalue weighted by atomic mass is 35.5. The number of amides is 2. The molecule has 7 nitrogen and oxygen atoms in total. The van der Waals surface area contributed by atoms with Gasteiger partial charge in [-0.15, -0.1) is 6.42 Å². The zero-order valence-corrected chi connectivity index (χ0v) is 17.1. The number of benzene rings is 1. The molecule has 1 aliphatic heterocycles. The molecule has 28 heavy (non-hydrogen) atoms. The maximum Gasteiger partial charge on any atom is 0.328 e. The number of hydrogen-bond donors (Lipinski definition) is 0. The molecule has 1 aromatic rings. The van der Waals surface area contributed by atoms with Crippen molar-refractivity contribution in [2.24, 2.45) is 0 Å². The van der Waals surface area contributed by atoms with Crippen molar-refractivity contribution in [2.45, 2.75) is 19.9 Å². The standard InChI is InChI=1S/C19H18ClNO6S/c1-5-7-27-16-13(20)8-12(9-14(16)26-6-2)10-15-17(22)21(19(24)28-15)11(3)18(23)25-4/h1,8-11H,6-7H2,2-4H3/b15-10+/t11-/m1/s1. The number of carbonyl (C=O) groups excluding carboxylic acids is 3. The molecule has 2 rings (SSSR count). The van der Waals surface area contributed by atoms with Crippen LogP contribution in [0.25, 0.3) is 6.08 Å². The van der Waals surface area contributed by atoms with Crippen molar-refractivity contribution < 1.29 is 28.6 Å². The summed E-state index contributed by atoms with van der Waals surface area (Å²) in [7, 11) is 1.19. The second-order valence-electron chi connectivity index (χ2n) is 5.51. The summed E-state index contributed by atoms with van der Waals surface area (Å²) in [5.41, 5.74) is 0.526. The lowest BCUT2D eigenvalue weighted by atomic mass is 10.1. The number of methoxy groups -OCH3 is 1. The first-order valence-corrected chi connectivity index (χ1v) is 9.40. The second kappa shape index (κ2) is 9.53. The van der Waals surface area contributed by atoms with E-state index in [9.17, 15) is 14.4 Å². The van der Waals surface area contributed by atoms with Crippen LogP contribution in [0.1, 0.15) is 19.4 Å². The summed E-state index contributed by atoms with van der Waals surface area (Å²) in [6, 6.07) is 2.16. The Labute approximate surface area is 171 Å². The van der Waals surface area contributed by atoms with Crippen LogP contribution in [0, 0.1) is 12.3 Å². The maximum absolute atomic E-state index is 12.6. The number of hydrogen-bond acceptors (Lipinski definition) is 7. The second-order valence-corrected chi connectivity index (χ2v) is 6.91. The Kier molecular flexibility index (Phi) is 7.38. The molecule has 0 bridgehead atoms. The molecule has 1 atom stereocenters. The van der Waals surface area contributed by atoms with Crippen LogP contribution in [0.3, 0.4) is 0 Å². The van der Waals surface area contributed by atoms with Crippen molar-refractivity contribution >= 4 is 46.6 Å². The van der Waals surface area contributed by atoms with Crippen LogP contribution in [0.5, 0.6) is 11.5 Å². The number of esters is 1. The fourth-order valence-corrected chi connectivity index (χ4v) is 3.61. The lowest BCUT2D eigenvalue weighted by Gasteiger charge is -2.18. The van der Waals surface area contributed by atoms with Crippen molar-refractivity contribution in [3.05, 3.63) is 27.6 Å². The van der Waals surface area contributed by atoms with Crippen LogP contribution < -0.4 is 9.47 Å². The Bertz CT molecular complexity index is 876. The molecule has 0 saturated carbocycles. The normalized spacial score (nSPS) is 16.1. The molecule has 1 saturated heterocycles. The average Bonchev–Trinajstić information content (AvgIpc) is 2.93. The molecule has 1 aromatic carbocycles. The van der Waals surface area contributed by atoms with Gasteiger partial charge in [0.05, 0.1) is 23.6 Å². The third-order valence-corrected chi connectivity index (χ3v) is 4.85. The SMILES string of the molecule is C#CCOc1c(Cl)cc(/C=C2/SC(=O)N([C@H](C)C(=O)OC)C2=O)cc1OCC. The van der Waals surface area contributed by atoms with Crippen molar-refractivity contribution in [3.8, 4) is 23.8 Å². The number of rotatable bonds is 7. The van der Waals surface area contributed by atoms with Crippen LogP contribution in [0.4, 0.5) is 4.79 Å². The lowest BCUT2D eigenvalue weighted by molar-refractivity contribution is -0.148. The van der Waals surface area contributed by atoms with E-state index >= 15 is 0 Å². The molecule has 0 aromatic heterocycles. The summed E-state index contributed by atoms with van der Waals surface area (Å²) in [6.45, 7) is 3.60. The Morgan fingerprint density at radius 2 is 2.11 bits per heavy atom. The van der Waals surface area contributed by atoms with Crippen LogP contribution in [-0.4, -0.2) is 48.4 Å². The number of imide groups is 1. The van der Waals surface area contributed by atoms with Gasteiger partial charge in [-0.05, 0) is 49.4 Å². The van der Waals surface area contributed by atoms with Gasteiger partial charge in [0.2, 0.25) is 0 Å². The molecule has 1 heterocycles. The zero-order chi connectivity index (χ0) is 20.8. The number of thioether (sulfide) groups is 1. The number of halogens is 1. The van der Waals surface area contributed by atoms with Gasteiger partial charge in [0.25, 0.3) is 11.1 Å². The number of nitrogens with zero attached hydrogens (tertiary/aromatic N) is 1. The first-order valence-electron chi connectivity index (χ1n) is 8.21. The van der Waals surface area contributed by atoms with E-state index in [1.54, 1.807) is 19.1 Å². The zero-order valence-electron chi connectivity index (χ0n) is 15.5. The lowest BCUT2D eigenvalue weighted by Crippen LogP contribution is -2.42. The van der Waals surface area contributed by atoms with E-state index in [4.69, 9.17) is 27.5 Å². The molecule has 1 aliphatic rings. The molecule has 0 N–H and O–H groups in total. The molecule has 9 heteroatoms. The van der Waals surface area contributed by atoms with E-state index in [1.165, 1.54) is 20.1 Å². The highest BCUT2D eigenvalue weighted by Crippen LogP contribution is 2.39. The molecule has 1 fully saturated rings. The highest BCUT2D eigenvalue weighted by molar-refractivity contribution is 8.18. The molecule has 2 amide bonds. The summed E-state index contributed by atoms with van der Waals surface area (Å²) in [6.07, 6.45) is 6.70. The van der Waals surface area contributed by atoms with Crippen molar-refractivity contribution in [1.29, 1.82) is 0 Å². The maximum atomic E-state index is 12.6. The van der Waals surface area contributed by atoms with Gasteiger partial charge in [0, 0.05) is 0 Å². The quantitative estimate of drug-likeness (QED) is 0.378. The molecule has 0 aliphatic carbocycles. The topological polar surface area (TPSA) is 82.1 Å². The minimum absolute atomic E-state index is 0.0173. The van der Waals surface area contributed by atoms with Gasteiger partial charge in [-0.3, -0.25) is 14.5 Å². The van der Waals surface area contributed by atoms with Crippen LogP contribution in [-0.2, 0) is 14.3 Å². The molecular formula is C19H18ClNO6S. The molecular weight excluding hydrogens is 406 g/mol. The van der Waals surface area contributed by atoms with Gasteiger partial charge in [-0.1, -0.05) is 17.5 Å². The van der Waals surface area contributed by atoms with Gasteiger partial charge in [0.1, 0.15) is 12.6 Å². The minimum atomic E-state index is -1.02. The predicted molar refractivity (Wildman–Crippen MR) is 106 cm³/mol. The summed E-state index contributed by atoms with van der Waals surface area (Å²) in [5.74, 6) is 1.74. The van der Waals surface area contributed by atoms with E-state index in [0.29, 0.717) is 23.7 Å². The van der Waals surface area contributed by atoms with Crippen molar-refractivity contribution in [2.75, 3.05) is 20.3 Å². The van der Waals surface area contributed by atoms with Gasteiger partial charge in [0.15, 0.2) is 11.5 Å². The molecule has 0 unspecified atom stereocenters. The third-order valence-electron chi connectivity index (χ3n) is 3.68. The molecule has 148 valence electrons. The summed E-state index contributed by atoms with van der Waals surface area (Å²) < 4.78 is 15.6. The monoisotopic (exact) mass is 423 g/mol. The number of carbonyl (C=O) groups is 3. The highest BCUT2D eigenvalue weighted by Gasteiger charge is 2.41. The van der Waals surface area contributed by atoms with E-state index in [0.717, 1.165) is 16.7 Å². The van der Waals surface area contributed by atoms with E-state index in [2.05, 4.69) is 10.7 Å². The van der Waals surface area contributed by atoms with E-state index in [1.807, 2.05) is 0 Å². The fraction of sp³-hybridized carbons (Fsp3) is 0.316. The average molecular weight is 424 g/mol. The smallest absolute Gasteiger partial charge is 0.328 e. The van der Waals surface area contributed by atoms with Gasteiger partial charge in [-0.25, -0.2) is 4.79 Å². The Morgan fingerprint density at radius 1 is 1.39 bits per heavy atom. The van der Waals surface area contributed by atoms with Crippen molar-refractivity contribution in [1.82, 2.24) is 4.90 Å². The summed E-state index contributed by atoms with van der Waals surface area (Å²) in [4.78, 5) is 37.5. The Morgan fingerprint density at radius 3 is 2.71 bits per heavy atom. The first kappa shape index (κ1) is 21.7. The fourth-order valence-electron chi connectivity index (χ4n) is 2.43. The van der Waals surface area contributed by atoms with E-state index < -0.39 is 23.2 Å². The van der Waals surface area contributed by atoms with Gasteiger partial charge in [-0.2, -0.15) is 0 Å². The third kappa shape index (κ3) is 4.61.